The largest absolute Gasteiger partial charge is 0.384 e. The van der Waals surface area contributed by atoms with Crippen molar-refractivity contribution < 1.29 is 9.90 Å². The quantitative estimate of drug-likeness (QED) is 0.855. The summed E-state index contributed by atoms with van der Waals surface area (Å²) in [6.07, 6.45) is 0. The number of aryl methyl sites for hydroxylation is 1. The number of amides is 1. The monoisotopic (exact) mass is 319 g/mol. The van der Waals surface area contributed by atoms with Gasteiger partial charge in [0.15, 0.2) is 0 Å². The van der Waals surface area contributed by atoms with Crippen LogP contribution in [0.25, 0.3) is 0 Å². The minimum atomic E-state index is -0.153. The maximum Gasteiger partial charge on any atom is 0.251 e. The number of aliphatic hydroxyl groups excluding tert-OH is 1. The van der Waals surface area contributed by atoms with E-state index in [1.807, 2.05) is 19.1 Å². The molecule has 1 aromatic carbocycles. The van der Waals surface area contributed by atoms with E-state index in [4.69, 9.17) is 16.7 Å². The van der Waals surface area contributed by atoms with Gasteiger partial charge in [0.25, 0.3) is 5.91 Å². The van der Waals surface area contributed by atoms with Gasteiger partial charge in [0, 0.05) is 15.5 Å². The summed E-state index contributed by atoms with van der Waals surface area (Å²) in [7, 11) is 0. The SMILES string of the molecule is Cc1cc(Cl)ccc1C(=O)NCc1ccc(C#CCO)s1. The lowest BCUT2D eigenvalue weighted by atomic mass is 10.1. The molecule has 0 radical (unpaired) electrons. The summed E-state index contributed by atoms with van der Waals surface area (Å²) in [6, 6.07) is 8.99. The summed E-state index contributed by atoms with van der Waals surface area (Å²) < 4.78 is 0. The smallest absolute Gasteiger partial charge is 0.251 e. The number of aliphatic hydroxyl groups is 1. The van der Waals surface area contributed by atoms with Crippen LogP contribution in [0, 0.1) is 18.8 Å². The number of halogens is 1. The predicted octanol–water partition coefficient (Wildman–Crippen LogP) is 2.98. The molecule has 0 aliphatic carbocycles. The fraction of sp³-hybridized carbons (Fsp3) is 0.188. The van der Waals surface area contributed by atoms with Gasteiger partial charge in [0.05, 0.1) is 11.4 Å². The molecule has 0 bridgehead atoms. The average Bonchev–Trinajstić information content (AvgIpc) is 2.90. The van der Waals surface area contributed by atoms with E-state index in [0.717, 1.165) is 15.3 Å². The molecule has 5 heteroatoms. The number of benzene rings is 1. The molecule has 21 heavy (non-hydrogen) atoms. The number of carbonyl (C=O) groups excluding carboxylic acids is 1. The van der Waals surface area contributed by atoms with Gasteiger partial charge in [-0.2, -0.15) is 0 Å². The van der Waals surface area contributed by atoms with Gasteiger partial charge in [-0.1, -0.05) is 23.4 Å². The fourth-order valence-electron chi connectivity index (χ4n) is 1.81. The molecule has 0 saturated carbocycles. The molecular weight excluding hydrogens is 306 g/mol. The van der Waals surface area contributed by atoms with Crippen molar-refractivity contribution >= 4 is 28.8 Å². The second-order valence-corrected chi connectivity index (χ2v) is 5.97. The predicted molar refractivity (Wildman–Crippen MR) is 85.6 cm³/mol. The molecule has 2 rings (SSSR count). The highest BCUT2D eigenvalue weighted by Gasteiger charge is 2.09. The Labute approximate surface area is 132 Å². The standard InChI is InChI=1S/C16H14ClNO2S/c1-11-9-12(17)4-7-15(11)16(20)18-10-14-6-5-13(21-14)3-2-8-19/h4-7,9,19H,8,10H2,1H3,(H,18,20). The van der Waals surface area contributed by atoms with Crippen molar-refractivity contribution in [2.75, 3.05) is 6.61 Å². The molecule has 1 amide bonds. The number of hydrogen-bond donors (Lipinski definition) is 2. The van der Waals surface area contributed by atoms with Crippen LogP contribution < -0.4 is 5.32 Å². The van der Waals surface area contributed by atoms with Crippen molar-refractivity contribution in [1.29, 1.82) is 0 Å². The van der Waals surface area contributed by atoms with Crippen LogP contribution in [0.15, 0.2) is 30.3 Å². The van der Waals surface area contributed by atoms with Crippen molar-refractivity contribution in [3.63, 3.8) is 0 Å². The maximum absolute atomic E-state index is 12.1. The second-order valence-electron chi connectivity index (χ2n) is 4.37. The molecule has 108 valence electrons. The zero-order valence-corrected chi connectivity index (χ0v) is 13.0. The topological polar surface area (TPSA) is 49.3 Å². The van der Waals surface area contributed by atoms with Crippen molar-refractivity contribution in [1.82, 2.24) is 5.32 Å². The van der Waals surface area contributed by atoms with Gasteiger partial charge in [-0.3, -0.25) is 4.79 Å². The van der Waals surface area contributed by atoms with Gasteiger partial charge in [-0.25, -0.2) is 0 Å². The number of thiophene rings is 1. The molecule has 1 heterocycles. The van der Waals surface area contributed by atoms with Crippen LogP contribution in [-0.2, 0) is 6.54 Å². The Hall–Kier alpha value is -1.80. The van der Waals surface area contributed by atoms with Gasteiger partial charge in [-0.05, 0) is 42.8 Å². The molecule has 0 aliphatic rings. The van der Waals surface area contributed by atoms with Gasteiger partial charge >= 0.3 is 0 Å². The lowest BCUT2D eigenvalue weighted by molar-refractivity contribution is 0.0950. The van der Waals surface area contributed by atoms with E-state index in [2.05, 4.69) is 17.2 Å². The lowest BCUT2D eigenvalue weighted by Crippen LogP contribution is -2.23. The summed E-state index contributed by atoms with van der Waals surface area (Å²) in [5.74, 6) is 5.31. The maximum atomic E-state index is 12.1. The first-order valence-corrected chi connectivity index (χ1v) is 7.52. The van der Waals surface area contributed by atoms with Crippen molar-refractivity contribution in [3.8, 4) is 11.8 Å². The van der Waals surface area contributed by atoms with Crippen LogP contribution >= 0.6 is 22.9 Å². The Morgan fingerprint density at radius 1 is 1.38 bits per heavy atom. The molecule has 0 fully saturated rings. The first-order chi connectivity index (χ1) is 10.1. The first kappa shape index (κ1) is 15.6. The van der Waals surface area contributed by atoms with Crippen LogP contribution in [-0.4, -0.2) is 17.6 Å². The first-order valence-electron chi connectivity index (χ1n) is 6.33. The zero-order valence-electron chi connectivity index (χ0n) is 11.4. The Bertz CT molecular complexity index is 713. The average molecular weight is 320 g/mol. The molecule has 1 aromatic heterocycles. The Kier molecular flexibility index (Phi) is 5.40. The molecule has 2 N–H and O–H groups in total. The van der Waals surface area contributed by atoms with Crippen LogP contribution in [0.2, 0.25) is 5.02 Å². The third kappa shape index (κ3) is 4.33. The van der Waals surface area contributed by atoms with Crippen LogP contribution in [0.5, 0.6) is 0 Å². The van der Waals surface area contributed by atoms with E-state index in [-0.39, 0.29) is 12.5 Å². The molecule has 3 nitrogen and oxygen atoms in total. The van der Waals surface area contributed by atoms with Gasteiger partial charge in [-0.15, -0.1) is 11.3 Å². The van der Waals surface area contributed by atoms with Crippen LogP contribution in [0.1, 0.15) is 25.7 Å². The fourth-order valence-corrected chi connectivity index (χ4v) is 2.86. The highest BCUT2D eigenvalue weighted by atomic mass is 35.5. The van der Waals surface area contributed by atoms with Crippen LogP contribution in [0.3, 0.4) is 0 Å². The molecular formula is C16H14ClNO2S. The number of rotatable bonds is 3. The molecule has 0 spiro atoms. The Morgan fingerprint density at radius 2 is 2.19 bits per heavy atom. The summed E-state index contributed by atoms with van der Waals surface area (Å²) in [5.41, 5.74) is 1.47. The minimum Gasteiger partial charge on any atom is -0.384 e. The van der Waals surface area contributed by atoms with Crippen molar-refractivity contribution in [3.05, 3.63) is 56.2 Å². The van der Waals surface area contributed by atoms with Crippen molar-refractivity contribution in [2.45, 2.75) is 13.5 Å². The van der Waals surface area contributed by atoms with Gasteiger partial charge in [0.1, 0.15) is 6.61 Å². The highest BCUT2D eigenvalue weighted by Crippen LogP contribution is 2.17. The molecule has 2 aromatic rings. The van der Waals surface area contributed by atoms with E-state index in [9.17, 15) is 4.79 Å². The summed E-state index contributed by atoms with van der Waals surface area (Å²) >= 11 is 7.37. The Balaban J connectivity index is 1.99. The second kappa shape index (κ2) is 7.28. The zero-order chi connectivity index (χ0) is 15.2. The van der Waals surface area contributed by atoms with E-state index < -0.39 is 0 Å². The molecule has 0 atom stereocenters. The lowest BCUT2D eigenvalue weighted by Gasteiger charge is -2.07. The number of hydrogen-bond acceptors (Lipinski definition) is 3. The van der Waals surface area contributed by atoms with E-state index in [1.165, 1.54) is 11.3 Å². The summed E-state index contributed by atoms with van der Waals surface area (Å²) in [4.78, 5) is 14.0. The summed E-state index contributed by atoms with van der Waals surface area (Å²) in [5, 5.41) is 12.1. The molecule has 0 aliphatic heterocycles. The molecule has 0 unspecified atom stereocenters. The highest BCUT2D eigenvalue weighted by molar-refractivity contribution is 7.12. The molecule has 0 saturated heterocycles. The van der Waals surface area contributed by atoms with Crippen molar-refractivity contribution in [2.24, 2.45) is 0 Å². The van der Waals surface area contributed by atoms with Gasteiger partial charge in [0.2, 0.25) is 0 Å². The number of carbonyl (C=O) groups is 1. The summed E-state index contributed by atoms with van der Waals surface area (Å²) in [6.45, 7) is 2.15. The normalized spacial score (nSPS) is 9.86. The van der Waals surface area contributed by atoms with E-state index >= 15 is 0 Å². The van der Waals surface area contributed by atoms with Gasteiger partial charge < -0.3 is 10.4 Å². The van der Waals surface area contributed by atoms with E-state index in [0.29, 0.717) is 17.1 Å². The number of nitrogens with one attached hydrogen (secondary N) is 1. The minimum absolute atomic E-state index is 0.124. The third-order valence-electron chi connectivity index (χ3n) is 2.81. The van der Waals surface area contributed by atoms with E-state index in [1.54, 1.807) is 18.2 Å². The Morgan fingerprint density at radius 3 is 2.90 bits per heavy atom. The van der Waals surface area contributed by atoms with Crippen LogP contribution in [0.4, 0.5) is 0 Å². The third-order valence-corrected chi connectivity index (χ3v) is 4.04.